The molecule has 38 heavy (non-hydrogen) atoms. The van der Waals surface area contributed by atoms with Crippen molar-refractivity contribution in [3.8, 4) is 0 Å². The van der Waals surface area contributed by atoms with Crippen molar-refractivity contribution in [2.24, 2.45) is 11.8 Å². The molecule has 0 heterocycles. The van der Waals surface area contributed by atoms with Gasteiger partial charge in [0.1, 0.15) is 10.1 Å². The van der Waals surface area contributed by atoms with Crippen molar-refractivity contribution in [1.82, 2.24) is 0 Å². The molecular formula is C24H44Na2O11S. The summed E-state index contributed by atoms with van der Waals surface area (Å²) in [6, 6.07) is 0. The molecule has 214 valence electrons. The molecule has 0 aromatic carbocycles. The minimum atomic E-state index is -5.01. The van der Waals surface area contributed by atoms with Crippen LogP contribution in [0.25, 0.3) is 0 Å². The number of rotatable bonds is 19. The molecule has 3 unspecified atom stereocenters. The SMILES string of the molecule is CCCCC(CC)COC(=O)CC(C(=O)OCC(CC)CCCC)S(=O)(=O)[O-].O=C(O)CCC(=O)O.[H-].[Na+].[Na+]. The van der Waals surface area contributed by atoms with E-state index in [-0.39, 0.29) is 98.4 Å². The summed E-state index contributed by atoms with van der Waals surface area (Å²) < 4.78 is 44.6. The van der Waals surface area contributed by atoms with Crippen LogP contribution in [0.1, 0.15) is 99.8 Å². The number of hydrogen-bond acceptors (Lipinski definition) is 9. The van der Waals surface area contributed by atoms with E-state index in [1.165, 1.54) is 0 Å². The van der Waals surface area contributed by atoms with E-state index < -0.39 is 45.7 Å². The third kappa shape index (κ3) is 26.0. The van der Waals surface area contributed by atoms with Crippen LogP contribution in [0.4, 0.5) is 0 Å². The first kappa shape index (κ1) is 44.8. The molecule has 0 fully saturated rings. The fraction of sp³-hybridized carbons (Fsp3) is 0.833. The van der Waals surface area contributed by atoms with Gasteiger partial charge in [-0.25, -0.2) is 8.42 Å². The topological polar surface area (TPSA) is 184 Å². The molecule has 0 rings (SSSR count). The second-order valence-electron chi connectivity index (χ2n) is 8.62. The molecule has 0 radical (unpaired) electrons. The average Bonchev–Trinajstić information content (AvgIpc) is 2.81. The number of carboxylic acids is 2. The number of esters is 2. The van der Waals surface area contributed by atoms with Crippen LogP contribution in [-0.4, -0.2) is 65.5 Å². The Hall–Kier alpha value is -0.210. The largest absolute Gasteiger partial charge is 1.00 e. The summed E-state index contributed by atoms with van der Waals surface area (Å²) >= 11 is 0. The minimum Gasteiger partial charge on any atom is -1.00 e. The minimum absolute atomic E-state index is 0. The summed E-state index contributed by atoms with van der Waals surface area (Å²) in [6.07, 6.45) is 5.99. The summed E-state index contributed by atoms with van der Waals surface area (Å²) in [5.74, 6) is -3.90. The van der Waals surface area contributed by atoms with E-state index in [2.05, 4.69) is 13.8 Å². The van der Waals surface area contributed by atoms with E-state index >= 15 is 0 Å². The molecule has 0 aliphatic carbocycles. The van der Waals surface area contributed by atoms with Gasteiger partial charge in [0.05, 0.1) is 32.5 Å². The molecule has 0 aliphatic heterocycles. The molecule has 0 spiro atoms. The Balaban J connectivity index is -0.000000304. The molecule has 0 amide bonds. The van der Waals surface area contributed by atoms with Crippen molar-refractivity contribution in [1.29, 1.82) is 0 Å². The fourth-order valence-corrected chi connectivity index (χ4v) is 3.67. The van der Waals surface area contributed by atoms with Crippen molar-refractivity contribution in [3.63, 3.8) is 0 Å². The van der Waals surface area contributed by atoms with Crippen LogP contribution >= 0.6 is 0 Å². The van der Waals surface area contributed by atoms with Crippen LogP contribution in [0.2, 0.25) is 0 Å². The van der Waals surface area contributed by atoms with Crippen LogP contribution < -0.4 is 59.1 Å². The molecule has 0 aromatic rings. The predicted molar refractivity (Wildman–Crippen MR) is 132 cm³/mol. The zero-order valence-corrected chi connectivity index (χ0v) is 28.7. The molecule has 3 atom stereocenters. The van der Waals surface area contributed by atoms with Gasteiger partial charge in [-0.05, 0) is 24.7 Å². The van der Waals surface area contributed by atoms with Gasteiger partial charge in [0.15, 0.2) is 5.25 Å². The van der Waals surface area contributed by atoms with Crippen LogP contribution in [-0.2, 0) is 38.8 Å². The van der Waals surface area contributed by atoms with E-state index in [0.29, 0.717) is 0 Å². The number of carboxylic acid groups (broad SMARTS) is 2. The van der Waals surface area contributed by atoms with Gasteiger partial charge in [0, 0.05) is 0 Å². The Morgan fingerprint density at radius 1 is 0.789 bits per heavy atom. The standard InChI is InChI=1S/C20H38O7S.C4H6O4.2Na.H/c1-5-9-11-16(7-3)14-26-19(21)13-18(28(23,24)25)20(22)27-15-17(8-4)12-10-6-2;5-3(6)1-2-4(7)8;;;/h16-18H,5-15H2,1-4H3,(H,23,24,25);1-2H2,(H,5,6)(H,7,8);;;/q;;2*+1;-1/p-1. The summed E-state index contributed by atoms with van der Waals surface area (Å²) in [5.41, 5.74) is 0. The predicted octanol–water partition coefficient (Wildman–Crippen LogP) is -2.13. The van der Waals surface area contributed by atoms with E-state index in [4.69, 9.17) is 19.7 Å². The van der Waals surface area contributed by atoms with Crippen LogP contribution in [0.5, 0.6) is 0 Å². The number of unbranched alkanes of at least 4 members (excludes halogenated alkanes) is 2. The van der Waals surface area contributed by atoms with Gasteiger partial charge in [-0.15, -0.1) is 0 Å². The molecule has 11 nitrogen and oxygen atoms in total. The Morgan fingerprint density at radius 3 is 1.50 bits per heavy atom. The van der Waals surface area contributed by atoms with E-state index in [0.717, 1.165) is 51.4 Å². The number of carbonyl (C=O) groups is 4. The second kappa shape index (κ2) is 27.0. The van der Waals surface area contributed by atoms with Gasteiger partial charge in [0.2, 0.25) is 0 Å². The van der Waals surface area contributed by atoms with Crippen molar-refractivity contribution < 1.29 is 112 Å². The third-order valence-electron chi connectivity index (χ3n) is 5.54. The Labute approximate surface area is 273 Å². The zero-order valence-electron chi connectivity index (χ0n) is 24.9. The molecule has 0 saturated carbocycles. The molecule has 0 saturated heterocycles. The number of aliphatic carboxylic acids is 2. The maximum Gasteiger partial charge on any atom is 1.00 e. The summed E-state index contributed by atoms with van der Waals surface area (Å²) in [4.78, 5) is 43.4. The second-order valence-corrected chi connectivity index (χ2v) is 10.2. The molecule has 14 heteroatoms. The van der Waals surface area contributed by atoms with Gasteiger partial charge in [0.25, 0.3) is 0 Å². The average molecular weight is 587 g/mol. The first-order valence-electron chi connectivity index (χ1n) is 12.5. The van der Waals surface area contributed by atoms with Crippen LogP contribution in [0, 0.1) is 11.8 Å². The van der Waals surface area contributed by atoms with Crippen molar-refractivity contribution in [2.75, 3.05) is 13.2 Å². The Bertz CT molecular complexity index is 753. The molecular weight excluding hydrogens is 542 g/mol. The summed E-state index contributed by atoms with van der Waals surface area (Å²) in [5, 5.41) is 13.7. The van der Waals surface area contributed by atoms with E-state index in [9.17, 15) is 32.1 Å². The molecule has 0 aliphatic rings. The van der Waals surface area contributed by atoms with Crippen molar-refractivity contribution in [3.05, 3.63) is 0 Å². The van der Waals surface area contributed by atoms with Gasteiger partial charge in [-0.2, -0.15) is 0 Å². The quantitative estimate of drug-likeness (QED) is 0.0957. The number of ether oxygens (including phenoxy) is 2. The first-order valence-corrected chi connectivity index (χ1v) is 14.0. The molecule has 2 N–H and O–H groups in total. The van der Waals surface area contributed by atoms with Gasteiger partial charge < -0.3 is 25.7 Å². The van der Waals surface area contributed by atoms with Crippen molar-refractivity contribution >= 4 is 34.0 Å². The first-order chi connectivity index (χ1) is 16.8. The molecule has 0 bridgehead atoms. The maximum atomic E-state index is 12.1. The smallest absolute Gasteiger partial charge is 1.00 e. The third-order valence-corrected chi connectivity index (χ3v) is 6.60. The Kier molecular flexibility index (Phi) is 31.8. The maximum absolute atomic E-state index is 12.1. The number of hydrogen-bond donors (Lipinski definition) is 2. The van der Waals surface area contributed by atoms with Gasteiger partial charge in [-0.3, -0.25) is 19.2 Å². The van der Waals surface area contributed by atoms with Crippen molar-refractivity contribution in [2.45, 2.75) is 104 Å². The molecule has 0 aromatic heterocycles. The van der Waals surface area contributed by atoms with Crippen LogP contribution in [0.3, 0.4) is 0 Å². The summed E-state index contributed by atoms with van der Waals surface area (Å²) in [7, 11) is -5.01. The van der Waals surface area contributed by atoms with Gasteiger partial charge in [-0.1, -0.05) is 66.2 Å². The van der Waals surface area contributed by atoms with Crippen LogP contribution in [0.15, 0.2) is 0 Å². The zero-order chi connectivity index (χ0) is 28.1. The van der Waals surface area contributed by atoms with E-state index in [1.54, 1.807) is 0 Å². The fourth-order valence-electron chi connectivity index (χ4n) is 3.03. The number of carbonyl (C=O) groups excluding carboxylic acids is 2. The monoisotopic (exact) mass is 586 g/mol. The summed E-state index contributed by atoms with van der Waals surface area (Å²) in [6.45, 7) is 8.26. The normalized spacial score (nSPS) is 12.8. The van der Waals surface area contributed by atoms with E-state index in [1.807, 2.05) is 13.8 Å². The van der Waals surface area contributed by atoms with Gasteiger partial charge >= 0.3 is 83.0 Å². The Morgan fingerprint density at radius 2 is 1.18 bits per heavy atom.